The summed E-state index contributed by atoms with van der Waals surface area (Å²) in [7, 11) is -3.60. The highest BCUT2D eigenvalue weighted by Gasteiger charge is 2.15. The van der Waals surface area contributed by atoms with Crippen LogP contribution in [0.2, 0.25) is 0 Å². The molecular formula is C22H23N3O4S2. The molecule has 162 valence electrons. The number of benzene rings is 2. The number of hydrogen-bond acceptors (Lipinski definition) is 5. The van der Waals surface area contributed by atoms with E-state index in [1.807, 2.05) is 25.1 Å². The van der Waals surface area contributed by atoms with Gasteiger partial charge >= 0.3 is 0 Å². The van der Waals surface area contributed by atoms with Crippen molar-refractivity contribution in [2.45, 2.75) is 30.5 Å². The smallest absolute Gasteiger partial charge is 0.271 e. The molecule has 9 heteroatoms. The van der Waals surface area contributed by atoms with Crippen LogP contribution in [0.25, 0.3) is 0 Å². The summed E-state index contributed by atoms with van der Waals surface area (Å²) in [5.74, 6) is -0.320. The van der Waals surface area contributed by atoms with Gasteiger partial charge in [0.15, 0.2) is 0 Å². The Labute approximate surface area is 185 Å². The molecule has 0 radical (unpaired) electrons. The van der Waals surface area contributed by atoms with Crippen molar-refractivity contribution in [1.29, 1.82) is 0 Å². The van der Waals surface area contributed by atoms with Crippen LogP contribution in [-0.4, -0.2) is 20.2 Å². The Hall–Kier alpha value is -3.17. The van der Waals surface area contributed by atoms with Crippen LogP contribution in [0.15, 0.2) is 70.3 Å². The maximum Gasteiger partial charge on any atom is 0.271 e. The number of carbonyl (C=O) groups excluding carboxylic acids is 2. The molecule has 0 aliphatic rings. The van der Waals surface area contributed by atoms with E-state index in [2.05, 4.69) is 15.4 Å². The second-order valence-electron chi connectivity index (χ2n) is 7.01. The molecule has 2 aromatic carbocycles. The predicted molar refractivity (Wildman–Crippen MR) is 123 cm³/mol. The van der Waals surface area contributed by atoms with Crippen molar-refractivity contribution in [1.82, 2.24) is 5.32 Å². The van der Waals surface area contributed by atoms with Gasteiger partial charge in [0.1, 0.15) is 4.21 Å². The van der Waals surface area contributed by atoms with E-state index in [0.29, 0.717) is 11.4 Å². The minimum Gasteiger partial charge on any atom is -0.349 e. The maximum atomic E-state index is 12.4. The zero-order chi connectivity index (χ0) is 22.4. The van der Waals surface area contributed by atoms with Crippen LogP contribution in [0, 0.1) is 0 Å². The molecule has 0 saturated heterocycles. The fraction of sp³-hybridized carbons (Fsp3) is 0.182. The lowest BCUT2D eigenvalue weighted by Crippen LogP contribution is -2.28. The number of sulfonamides is 1. The average Bonchev–Trinajstić information content (AvgIpc) is 3.25. The Morgan fingerprint density at radius 1 is 1.00 bits per heavy atom. The second-order valence-corrected chi connectivity index (χ2v) is 9.86. The van der Waals surface area contributed by atoms with Crippen molar-refractivity contribution >= 4 is 44.5 Å². The summed E-state index contributed by atoms with van der Waals surface area (Å²) in [6.07, 6.45) is 0.160. The van der Waals surface area contributed by atoms with Gasteiger partial charge in [-0.1, -0.05) is 30.3 Å². The zero-order valence-electron chi connectivity index (χ0n) is 17.1. The van der Waals surface area contributed by atoms with Crippen molar-refractivity contribution in [3.63, 3.8) is 0 Å². The monoisotopic (exact) mass is 457 g/mol. The van der Waals surface area contributed by atoms with Gasteiger partial charge in [0.05, 0.1) is 12.5 Å². The number of anilines is 2. The Morgan fingerprint density at radius 2 is 1.74 bits per heavy atom. The molecule has 3 rings (SSSR count). The minimum absolute atomic E-state index is 0.157. The molecule has 0 fully saturated rings. The lowest BCUT2D eigenvalue weighted by atomic mass is 10.1. The van der Waals surface area contributed by atoms with Gasteiger partial charge in [-0.25, -0.2) is 8.42 Å². The summed E-state index contributed by atoms with van der Waals surface area (Å²) in [6, 6.07) is 17.0. The first-order valence-corrected chi connectivity index (χ1v) is 11.9. The quantitative estimate of drug-likeness (QED) is 0.477. The molecule has 1 heterocycles. The lowest BCUT2D eigenvalue weighted by molar-refractivity contribution is -0.121. The fourth-order valence-electron chi connectivity index (χ4n) is 2.96. The normalized spacial score (nSPS) is 12.1. The average molecular weight is 458 g/mol. The van der Waals surface area contributed by atoms with Gasteiger partial charge in [0.25, 0.3) is 10.0 Å². The molecule has 0 saturated carbocycles. The fourth-order valence-corrected chi connectivity index (χ4v) is 5.01. The van der Waals surface area contributed by atoms with E-state index >= 15 is 0 Å². The summed E-state index contributed by atoms with van der Waals surface area (Å²) in [5, 5.41) is 7.36. The molecule has 1 atom stereocenters. The SMILES string of the molecule is CC(=O)Nc1cccc(C(C)NC(=O)Cc2ccc(NS(=O)(=O)c3cccs3)cc2)c1. The third-order valence-electron chi connectivity index (χ3n) is 4.42. The van der Waals surface area contributed by atoms with Gasteiger partial charge in [-0.2, -0.15) is 0 Å². The summed E-state index contributed by atoms with van der Waals surface area (Å²) in [5.41, 5.74) is 2.74. The Balaban J connectivity index is 1.58. The first kappa shape index (κ1) is 22.5. The van der Waals surface area contributed by atoms with E-state index in [0.717, 1.165) is 22.5 Å². The van der Waals surface area contributed by atoms with Crippen LogP contribution in [0.1, 0.15) is 31.0 Å². The molecule has 3 N–H and O–H groups in total. The Morgan fingerprint density at radius 3 is 2.39 bits per heavy atom. The summed E-state index contributed by atoms with van der Waals surface area (Å²) >= 11 is 1.14. The predicted octanol–water partition coefficient (Wildman–Crippen LogP) is 3.93. The van der Waals surface area contributed by atoms with Crippen molar-refractivity contribution in [2.24, 2.45) is 0 Å². The molecule has 3 aromatic rings. The summed E-state index contributed by atoms with van der Waals surface area (Å²) in [6.45, 7) is 3.31. The van der Waals surface area contributed by atoms with Gasteiger partial charge in [-0.05, 0) is 53.8 Å². The van der Waals surface area contributed by atoms with E-state index in [1.165, 1.54) is 6.92 Å². The van der Waals surface area contributed by atoms with E-state index in [4.69, 9.17) is 0 Å². The third-order valence-corrected chi connectivity index (χ3v) is 7.19. The van der Waals surface area contributed by atoms with E-state index < -0.39 is 10.0 Å². The lowest BCUT2D eigenvalue weighted by Gasteiger charge is -2.16. The Kier molecular flexibility index (Phi) is 7.09. The van der Waals surface area contributed by atoms with Gasteiger partial charge in [-0.3, -0.25) is 14.3 Å². The first-order valence-electron chi connectivity index (χ1n) is 9.55. The number of hydrogen-bond donors (Lipinski definition) is 3. The van der Waals surface area contributed by atoms with E-state index in [1.54, 1.807) is 47.8 Å². The van der Waals surface area contributed by atoms with Gasteiger partial charge < -0.3 is 10.6 Å². The highest BCUT2D eigenvalue weighted by atomic mass is 32.2. The molecule has 1 aromatic heterocycles. The standard InChI is InChI=1S/C22H23N3O4S2/c1-15(18-5-3-6-20(14-18)24-16(2)26)23-21(27)13-17-8-10-19(11-9-17)25-31(28,29)22-7-4-12-30-22/h3-12,14-15,25H,13H2,1-2H3,(H,23,27)(H,24,26). The Bertz CT molecular complexity index is 1160. The van der Waals surface area contributed by atoms with Crippen LogP contribution < -0.4 is 15.4 Å². The molecule has 2 amide bonds. The molecule has 0 spiro atoms. The molecule has 1 unspecified atom stereocenters. The molecule has 31 heavy (non-hydrogen) atoms. The number of amides is 2. The number of carbonyl (C=O) groups is 2. The summed E-state index contributed by atoms with van der Waals surface area (Å²) < 4.78 is 27.3. The second kappa shape index (κ2) is 9.76. The van der Waals surface area contributed by atoms with E-state index in [-0.39, 0.29) is 28.5 Å². The first-order chi connectivity index (χ1) is 14.7. The van der Waals surface area contributed by atoms with Crippen LogP contribution >= 0.6 is 11.3 Å². The van der Waals surface area contributed by atoms with Crippen LogP contribution in [-0.2, 0) is 26.0 Å². The number of nitrogens with one attached hydrogen (secondary N) is 3. The molecule has 0 bridgehead atoms. The molecular weight excluding hydrogens is 434 g/mol. The van der Waals surface area contributed by atoms with Crippen LogP contribution in [0.3, 0.4) is 0 Å². The number of thiophene rings is 1. The van der Waals surface area contributed by atoms with Crippen molar-refractivity contribution in [2.75, 3.05) is 10.0 Å². The van der Waals surface area contributed by atoms with Crippen LogP contribution in [0.4, 0.5) is 11.4 Å². The summed E-state index contributed by atoms with van der Waals surface area (Å²) in [4.78, 5) is 23.7. The van der Waals surface area contributed by atoms with Gasteiger partial charge in [0, 0.05) is 18.3 Å². The highest BCUT2D eigenvalue weighted by Crippen LogP contribution is 2.21. The zero-order valence-corrected chi connectivity index (χ0v) is 18.7. The van der Waals surface area contributed by atoms with Crippen LogP contribution in [0.5, 0.6) is 0 Å². The van der Waals surface area contributed by atoms with Crippen molar-refractivity contribution in [3.8, 4) is 0 Å². The molecule has 0 aliphatic heterocycles. The van der Waals surface area contributed by atoms with E-state index in [9.17, 15) is 18.0 Å². The number of rotatable bonds is 8. The van der Waals surface area contributed by atoms with Gasteiger partial charge in [-0.15, -0.1) is 11.3 Å². The van der Waals surface area contributed by atoms with Crippen molar-refractivity contribution < 1.29 is 18.0 Å². The van der Waals surface area contributed by atoms with Crippen molar-refractivity contribution in [3.05, 3.63) is 77.2 Å². The largest absolute Gasteiger partial charge is 0.349 e. The minimum atomic E-state index is -3.60. The van der Waals surface area contributed by atoms with Gasteiger partial charge in [0.2, 0.25) is 11.8 Å². The molecule has 7 nitrogen and oxygen atoms in total. The maximum absolute atomic E-state index is 12.4. The topological polar surface area (TPSA) is 104 Å². The third kappa shape index (κ3) is 6.40. The molecule has 0 aliphatic carbocycles. The highest BCUT2D eigenvalue weighted by molar-refractivity contribution is 7.94.